The number of nitrogens with zero attached hydrogens (tertiary/aromatic N) is 1. The molecule has 0 aliphatic carbocycles. The summed E-state index contributed by atoms with van der Waals surface area (Å²) in [5, 5.41) is 1.94. The number of carbonyl (C=O) groups is 3. The van der Waals surface area contributed by atoms with Crippen LogP contribution in [0.4, 0.5) is 14.9 Å². The van der Waals surface area contributed by atoms with Crippen LogP contribution in [0.5, 0.6) is 5.75 Å². The molecular weight excluding hydrogens is 395 g/mol. The van der Waals surface area contributed by atoms with E-state index >= 15 is 0 Å². The first-order valence-electron chi connectivity index (χ1n) is 8.89. The zero-order valence-corrected chi connectivity index (χ0v) is 16.7. The highest BCUT2D eigenvalue weighted by Crippen LogP contribution is 2.32. The van der Waals surface area contributed by atoms with E-state index in [9.17, 15) is 18.8 Å². The predicted octanol–water partition coefficient (Wildman–Crippen LogP) is 4.29. The molecule has 1 saturated heterocycles. The topological polar surface area (TPSA) is 75.7 Å². The van der Waals surface area contributed by atoms with Crippen LogP contribution in [0.2, 0.25) is 0 Å². The summed E-state index contributed by atoms with van der Waals surface area (Å²) in [4.78, 5) is 37.9. The molecule has 0 bridgehead atoms. The van der Waals surface area contributed by atoms with Crippen LogP contribution >= 0.6 is 11.8 Å². The smallest absolute Gasteiger partial charge is 0.294 e. The molecule has 0 spiro atoms. The molecule has 3 rings (SSSR count). The molecule has 0 atom stereocenters. The minimum atomic E-state index is -0.589. The summed E-state index contributed by atoms with van der Waals surface area (Å²) in [6.45, 7) is 3.41. The van der Waals surface area contributed by atoms with E-state index in [1.165, 1.54) is 18.2 Å². The van der Waals surface area contributed by atoms with Gasteiger partial charge in [0, 0.05) is 5.69 Å². The molecule has 3 amide bonds. The van der Waals surface area contributed by atoms with Gasteiger partial charge in [0.1, 0.15) is 18.1 Å². The number of anilines is 1. The third-order valence-corrected chi connectivity index (χ3v) is 4.74. The van der Waals surface area contributed by atoms with Gasteiger partial charge in [0.05, 0.1) is 11.0 Å². The van der Waals surface area contributed by atoms with Gasteiger partial charge in [0.15, 0.2) is 0 Å². The van der Waals surface area contributed by atoms with Crippen molar-refractivity contribution in [3.8, 4) is 5.75 Å². The van der Waals surface area contributed by atoms with Gasteiger partial charge < -0.3 is 10.1 Å². The molecule has 1 N–H and O–H groups in total. The van der Waals surface area contributed by atoms with Crippen LogP contribution in [-0.4, -0.2) is 34.6 Å². The van der Waals surface area contributed by atoms with Gasteiger partial charge in [-0.3, -0.25) is 19.3 Å². The van der Waals surface area contributed by atoms with Crippen LogP contribution in [0.3, 0.4) is 0 Å². The molecule has 0 radical (unpaired) electrons. The van der Waals surface area contributed by atoms with Crippen molar-refractivity contribution >= 4 is 40.6 Å². The number of amides is 3. The van der Waals surface area contributed by atoms with Crippen LogP contribution < -0.4 is 10.1 Å². The molecule has 0 saturated carbocycles. The number of benzene rings is 2. The summed E-state index contributed by atoms with van der Waals surface area (Å²) < 4.78 is 18.8. The Labute approximate surface area is 171 Å². The van der Waals surface area contributed by atoms with E-state index in [0.29, 0.717) is 5.75 Å². The summed E-state index contributed by atoms with van der Waals surface area (Å²) in [5.74, 6) is -0.924. The second-order valence-corrected chi connectivity index (χ2v) is 7.56. The molecular formula is C21H19FN2O4S. The van der Waals surface area contributed by atoms with Gasteiger partial charge in [-0.1, -0.05) is 18.2 Å². The first-order chi connectivity index (χ1) is 13.8. The lowest BCUT2D eigenvalue weighted by Crippen LogP contribution is -2.36. The lowest BCUT2D eigenvalue weighted by Gasteiger charge is -2.12. The van der Waals surface area contributed by atoms with Gasteiger partial charge >= 0.3 is 0 Å². The quantitative estimate of drug-likeness (QED) is 0.714. The average Bonchev–Trinajstić information content (AvgIpc) is 2.90. The fraction of sp³-hybridized carbons (Fsp3) is 0.190. The normalized spacial score (nSPS) is 15.3. The van der Waals surface area contributed by atoms with Crippen LogP contribution in [0, 0.1) is 5.82 Å². The Hall–Kier alpha value is -3.13. The van der Waals surface area contributed by atoms with E-state index in [0.717, 1.165) is 28.3 Å². The SMILES string of the molecule is CC(C)Oc1ccc(/C=C2/SC(=O)N(CC(=O)Nc3cccc(F)c3)C2=O)cc1. The maximum Gasteiger partial charge on any atom is 0.294 e. The molecule has 1 aliphatic heterocycles. The highest BCUT2D eigenvalue weighted by Gasteiger charge is 2.36. The van der Waals surface area contributed by atoms with E-state index in [-0.39, 0.29) is 16.7 Å². The van der Waals surface area contributed by atoms with Crippen LogP contribution in [-0.2, 0) is 9.59 Å². The number of carbonyl (C=O) groups excluding carboxylic acids is 3. The fourth-order valence-electron chi connectivity index (χ4n) is 2.61. The van der Waals surface area contributed by atoms with Crippen molar-refractivity contribution in [2.75, 3.05) is 11.9 Å². The van der Waals surface area contributed by atoms with Crippen molar-refractivity contribution in [3.63, 3.8) is 0 Å². The Morgan fingerprint density at radius 2 is 1.93 bits per heavy atom. The third kappa shape index (κ3) is 5.45. The molecule has 2 aromatic rings. The van der Waals surface area contributed by atoms with Crippen LogP contribution in [0.25, 0.3) is 6.08 Å². The molecule has 8 heteroatoms. The molecule has 0 unspecified atom stereocenters. The van der Waals surface area contributed by atoms with Gasteiger partial charge in [-0.2, -0.15) is 0 Å². The van der Waals surface area contributed by atoms with Gasteiger partial charge in [0.2, 0.25) is 5.91 Å². The van der Waals surface area contributed by atoms with Gasteiger partial charge in [-0.15, -0.1) is 0 Å². The van der Waals surface area contributed by atoms with E-state index in [1.54, 1.807) is 30.3 Å². The van der Waals surface area contributed by atoms with Crippen molar-refractivity contribution in [2.45, 2.75) is 20.0 Å². The Balaban J connectivity index is 1.65. The molecule has 29 heavy (non-hydrogen) atoms. The Morgan fingerprint density at radius 3 is 2.59 bits per heavy atom. The highest BCUT2D eigenvalue weighted by atomic mass is 32.2. The second kappa shape index (κ2) is 8.91. The van der Waals surface area contributed by atoms with Gasteiger partial charge in [-0.05, 0) is 67.6 Å². The number of imide groups is 1. The Bertz CT molecular complexity index is 973. The Morgan fingerprint density at radius 1 is 1.21 bits per heavy atom. The van der Waals surface area contributed by atoms with E-state index in [1.807, 2.05) is 13.8 Å². The largest absolute Gasteiger partial charge is 0.491 e. The zero-order chi connectivity index (χ0) is 21.0. The molecule has 1 aliphatic rings. The summed E-state index contributed by atoms with van der Waals surface area (Å²) in [5.41, 5.74) is 0.983. The van der Waals surface area contributed by atoms with Crippen LogP contribution in [0.1, 0.15) is 19.4 Å². The highest BCUT2D eigenvalue weighted by molar-refractivity contribution is 8.18. The summed E-state index contributed by atoms with van der Waals surface area (Å²) in [6.07, 6.45) is 1.64. The number of rotatable bonds is 6. The van der Waals surface area contributed by atoms with Crippen molar-refractivity contribution in [1.29, 1.82) is 0 Å². The maximum atomic E-state index is 13.2. The maximum absolute atomic E-state index is 13.2. The van der Waals surface area contributed by atoms with E-state index < -0.39 is 29.4 Å². The predicted molar refractivity (Wildman–Crippen MR) is 110 cm³/mol. The summed E-state index contributed by atoms with van der Waals surface area (Å²) >= 11 is 0.770. The lowest BCUT2D eigenvalue weighted by molar-refractivity contribution is -0.127. The second-order valence-electron chi connectivity index (χ2n) is 6.56. The third-order valence-electron chi connectivity index (χ3n) is 3.83. The molecule has 150 valence electrons. The average molecular weight is 414 g/mol. The minimum Gasteiger partial charge on any atom is -0.491 e. The number of nitrogens with one attached hydrogen (secondary N) is 1. The molecule has 2 aromatic carbocycles. The van der Waals surface area contributed by atoms with Crippen molar-refractivity contribution in [2.24, 2.45) is 0 Å². The number of hydrogen-bond acceptors (Lipinski definition) is 5. The van der Waals surface area contributed by atoms with Crippen molar-refractivity contribution in [3.05, 3.63) is 64.8 Å². The number of hydrogen-bond donors (Lipinski definition) is 1. The number of thioether (sulfide) groups is 1. The summed E-state index contributed by atoms with van der Waals surface area (Å²) in [7, 11) is 0. The number of halogens is 1. The Kier molecular flexibility index (Phi) is 6.33. The first-order valence-corrected chi connectivity index (χ1v) is 9.71. The van der Waals surface area contributed by atoms with Crippen molar-refractivity contribution < 1.29 is 23.5 Å². The number of ether oxygens (including phenoxy) is 1. The lowest BCUT2D eigenvalue weighted by atomic mass is 10.2. The monoisotopic (exact) mass is 414 g/mol. The fourth-order valence-corrected chi connectivity index (χ4v) is 3.45. The van der Waals surface area contributed by atoms with E-state index in [4.69, 9.17) is 4.74 Å². The molecule has 1 fully saturated rings. The summed E-state index contributed by atoms with van der Waals surface area (Å²) in [6, 6.07) is 12.5. The standard InChI is InChI=1S/C21H19FN2O4S/c1-13(2)28-17-8-6-14(7-9-17)10-18-20(26)24(21(27)29-18)12-19(25)23-16-5-3-4-15(22)11-16/h3-11,13H,12H2,1-2H3,(H,23,25)/b18-10+. The molecule has 6 nitrogen and oxygen atoms in total. The zero-order valence-electron chi connectivity index (χ0n) is 15.8. The van der Waals surface area contributed by atoms with Gasteiger partial charge in [-0.25, -0.2) is 4.39 Å². The minimum absolute atomic E-state index is 0.0517. The van der Waals surface area contributed by atoms with Crippen LogP contribution in [0.15, 0.2) is 53.4 Å². The van der Waals surface area contributed by atoms with Crippen molar-refractivity contribution in [1.82, 2.24) is 4.90 Å². The molecule has 1 heterocycles. The van der Waals surface area contributed by atoms with E-state index in [2.05, 4.69) is 5.32 Å². The van der Waals surface area contributed by atoms with Gasteiger partial charge in [0.25, 0.3) is 11.1 Å². The molecule has 0 aromatic heterocycles. The first kappa shape index (κ1) is 20.6.